The highest BCUT2D eigenvalue weighted by Crippen LogP contribution is 2.33. The Morgan fingerprint density at radius 3 is 2.76 bits per heavy atom. The van der Waals surface area contributed by atoms with Crippen molar-refractivity contribution in [1.82, 2.24) is 19.8 Å². The summed E-state index contributed by atoms with van der Waals surface area (Å²) in [5.41, 5.74) is 4.48. The van der Waals surface area contributed by atoms with E-state index in [9.17, 15) is 4.79 Å². The lowest BCUT2D eigenvalue weighted by molar-refractivity contribution is 0.0708. The molecule has 1 amide bonds. The van der Waals surface area contributed by atoms with E-state index < -0.39 is 0 Å². The van der Waals surface area contributed by atoms with Gasteiger partial charge >= 0.3 is 0 Å². The van der Waals surface area contributed by atoms with Gasteiger partial charge in [-0.2, -0.15) is 0 Å². The summed E-state index contributed by atoms with van der Waals surface area (Å²) in [5, 5.41) is 0. The van der Waals surface area contributed by atoms with Crippen molar-refractivity contribution < 1.29 is 9.21 Å². The van der Waals surface area contributed by atoms with E-state index in [1.807, 2.05) is 18.0 Å². The summed E-state index contributed by atoms with van der Waals surface area (Å²) in [5.74, 6) is 3.31. The van der Waals surface area contributed by atoms with Gasteiger partial charge in [-0.05, 0) is 46.1 Å². The van der Waals surface area contributed by atoms with Gasteiger partial charge in [0.1, 0.15) is 17.3 Å². The number of carbonyl (C=O) groups is 1. The molecular formula is C23H30N4O2. The molecule has 1 fully saturated rings. The molecule has 3 aliphatic rings. The highest BCUT2D eigenvalue weighted by Gasteiger charge is 2.31. The molecule has 4 heterocycles. The lowest BCUT2D eigenvalue weighted by Gasteiger charge is -2.32. The van der Waals surface area contributed by atoms with Crippen LogP contribution < -0.4 is 0 Å². The molecular weight excluding hydrogens is 364 g/mol. The predicted molar refractivity (Wildman–Crippen MR) is 110 cm³/mol. The molecule has 29 heavy (non-hydrogen) atoms. The fourth-order valence-corrected chi connectivity index (χ4v) is 5.15. The summed E-state index contributed by atoms with van der Waals surface area (Å²) in [7, 11) is 2.14. The van der Waals surface area contributed by atoms with Crippen molar-refractivity contribution in [3.63, 3.8) is 0 Å². The lowest BCUT2D eigenvalue weighted by atomic mass is 9.92. The van der Waals surface area contributed by atoms with Crippen LogP contribution in [0.3, 0.4) is 0 Å². The molecule has 0 radical (unpaired) electrons. The molecule has 0 atom stereocenters. The van der Waals surface area contributed by atoms with Gasteiger partial charge in [-0.1, -0.05) is 0 Å². The van der Waals surface area contributed by atoms with E-state index in [1.165, 1.54) is 16.8 Å². The number of carbonyl (C=O) groups excluding carboxylic acids is 1. The van der Waals surface area contributed by atoms with Gasteiger partial charge in [-0.3, -0.25) is 4.79 Å². The molecule has 0 bridgehead atoms. The van der Waals surface area contributed by atoms with Crippen molar-refractivity contribution in [2.75, 3.05) is 26.7 Å². The van der Waals surface area contributed by atoms with Gasteiger partial charge in [0.05, 0.1) is 5.56 Å². The van der Waals surface area contributed by atoms with E-state index in [0.29, 0.717) is 5.92 Å². The minimum Gasteiger partial charge on any atom is -0.465 e. The van der Waals surface area contributed by atoms with Crippen molar-refractivity contribution in [2.45, 2.75) is 64.3 Å². The average molecular weight is 395 g/mol. The molecule has 154 valence electrons. The van der Waals surface area contributed by atoms with Crippen LogP contribution >= 0.6 is 0 Å². The van der Waals surface area contributed by atoms with Crippen LogP contribution in [0.15, 0.2) is 10.6 Å². The molecule has 2 aliphatic heterocycles. The monoisotopic (exact) mass is 394 g/mol. The zero-order valence-corrected chi connectivity index (χ0v) is 17.5. The number of piperidine rings is 1. The third-order valence-electron chi connectivity index (χ3n) is 6.85. The number of fused-ring (bicyclic) bond motifs is 2. The topological polar surface area (TPSA) is 62.5 Å². The molecule has 1 saturated heterocycles. The highest BCUT2D eigenvalue weighted by molar-refractivity contribution is 5.97. The molecule has 0 saturated carbocycles. The summed E-state index contributed by atoms with van der Waals surface area (Å²) in [4.78, 5) is 27.2. The van der Waals surface area contributed by atoms with Gasteiger partial charge in [0.25, 0.3) is 5.91 Å². The molecule has 1 aliphatic carbocycles. The first-order valence-electron chi connectivity index (χ1n) is 11.0. The van der Waals surface area contributed by atoms with Crippen LogP contribution in [-0.2, 0) is 25.8 Å². The maximum Gasteiger partial charge on any atom is 0.257 e. The van der Waals surface area contributed by atoms with E-state index in [1.54, 1.807) is 0 Å². The van der Waals surface area contributed by atoms with Crippen LogP contribution in [0.25, 0.3) is 0 Å². The Morgan fingerprint density at radius 2 is 1.93 bits per heavy atom. The summed E-state index contributed by atoms with van der Waals surface area (Å²) >= 11 is 0. The van der Waals surface area contributed by atoms with Crippen LogP contribution in [0.4, 0.5) is 0 Å². The number of amides is 1. The summed E-state index contributed by atoms with van der Waals surface area (Å²) < 4.78 is 5.93. The molecule has 0 spiro atoms. The number of hydrogen-bond donors (Lipinski definition) is 0. The van der Waals surface area contributed by atoms with Crippen LogP contribution in [-0.4, -0.2) is 52.4 Å². The van der Waals surface area contributed by atoms with Crippen molar-refractivity contribution >= 4 is 5.91 Å². The quantitative estimate of drug-likeness (QED) is 0.782. The number of hydrogen-bond acceptors (Lipinski definition) is 5. The highest BCUT2D eigenvalue weighted by atomic mass is 16.3. The maximum absolute atomic E-state index is 13.2. The Morgan fingerprint density at radius 1 is 1.14 bits per heavy atom. The molecule has 0 unspecified atom stereocenters. The third kappa shape index (κ3) is 3.48. The van der Waals surface area contributed by atoms with E-state index in [4.69, 9.17) is 9.40 Å². The van der Waals surface area contributed by atoms with E-state index >= 15 is 0 Å². The minimum absolute atomic E-state index is 0.155. The first-order chi connectivity index (χ1) is 14.1. The van der Waals surface area contributed by atoms with Crippen molar-refractivity contribution in [2.24, 2.45) is 0 Å². The van der Waals surface area contributed by atoms with Crippen molar-refractivity contribution in [3.8, 4) is 0 Å². The van der Waals surface area contributed by atoms with Gasteiger partial charge in [0.15, 0.2) is 0 Å². The van der Waals surface area contributed by atoms with Gasteiger partial charge in [0, 0.05) is 68.0 Å². The molecule has 5 rings (SSSR count). The van der Waals surface area contributed by atoms with E-state index in [0.717, 1.165) is 94.0 Å². The largest absolute Gasteiger partial charge is 0.465 e. The molecule has 2 aromatic rings. The Kier molecular flexibility index (Phi) is 4.90. The maximum atomic E-state index is 13.2. The second-order valence-electron chi connectivity index (χ2n) is 8.90. The van der Waals surface area contributed by atoms with E-state index in [-0.39, 0.29) is 5.91 Å². The molecule has 0 N–H and O–H groups in total. The van der Waals surface area contributed by atoms with Gasteiger partial charge in [-0.25, -0.2) is 9.97 Å². The van der Waals surface area contributed by atoms with Crippen LogP contribution in [0, 0.1) is 6.92 Å². The fraction of sp³-hybridized carbons (Fsp3) is 0.609. The molecule has 2 aromatic heterocycles. The number of likely N-dealkylation sites (N-methyl/N-ethyl adjacent to an activating group) is 1. The average Bonchev–Trinajstić information content (AvgIpc) is 3.08. The number of aryl methyl sites for hydroxylation is 2. The minimum atomic E-state index is 0.155. The third-order valence-corrected chi connectivity index (χ3v) is 6.85. The van der Waals surface area contributed by atoms with Crippen LogP contribution in [0.2, 0.25) is 0 Å². The number of likely N-dealkylation sites (tertiary alicyclic amines) is 1. The van der Waals surface area contributed by atoms with Crippen LogP contribution in [0.5, 0.6) is 0 Å². The van der Waals surface area contributed by atoms with Gasteiger partial charge < -0.3 is 14.2 Å². The van der Waals surface area contributed by atoms with Crippen LogP contribution in [0.1, 0.15) is 76.1 Å². The zero-order valence-electron chi connectivity index (χ0n) is 17.5. The second kappa shape index (κ2) is 7.56. The fourth-order valence-electron chi connectivity index (χ4n) is 5.15. The standard InChI is InChI=1S/C23H30N4O2/c1-15-21(18-5-3-4-6-20(18)29-15)23(28)27-11-7-16(8-12-27)22-24-13-17-14-26(2)10-9-19(17)25-22/h13,16H,3-12,14H2,1-2H3. The first kappa shape index (κ1) is 18.8. The molecule has 6 nitrogen and oxygen atoms in total. The predicted octanol–water partition coefficient (Wildman–Crippen LogP) is 3.26. The van der Waals surface area contributed by atoms with Gasteiger partial charge in [0.2, 0.25) is 0 Å². The summed E-state index contributed by atoms with van der Waals surface area (Å²) in [6, 6.07) is 0. The normalized spacial score (nSPS) is 20.4. The van der Waals surface area contributed by atoms with Gasteiger partial charge in [-0.15, -0.1) is 0 Å². The zero-order chi connectivity index (χ0) is 20.0. The van der Waals surface area contributed by atoms with Crippen molar-refractivity contribution in [1.29, 1.82) is 0 Å². The van der Waals surface area contributed by atoms with E-state index in [2.05, 4.69) is 16.9 Å². The number of rotatable bonds is 2. The lowest BCUT2D eigenvalue weighted by Crippen LogP contribution is -2.39. The number of nitrogens with zero attached hydrogens (tertiary/aromatic N) is 4. The smallest absolute Gasteiger partial charge is 0.257 e. The summed E-state index contributed by atoms with van der Waals surface area (Å²) in [6.07, 6.45) is 9.15. The number of aromatic nitrogens is 2. The molecule has 6 heteroatoms. The van der Waals surface area contributed by atoms with Crippen molar-refractivity contribution in [3.05, 3.63) is 45.9 Å². The Labute approximate surface area is 172 Å². The summed E-state index contributed by atoms with van der Waals surface area (Å²) in [6.45, 7) is 5.48. The first-order valence-corrected chi connectivity index (χ1v) is 11.0. The number of furan rings is 1. The Bertz CT molecular complexity index is 927. The SMILES string of the molecule is Cc1oc2c(c1C(=O)N1CCC(c3ncc4c(n3)CCN(C)C4)CC1)CCCC2. The molecule has 0 aromatic carbocycles. The Balaban J connectivity index is 1.28. The second-order valence-corrected chi connectivity index (χ2v) is 8.90. The Hall–Kier alpha value is -2.21.